The van der Waals surface area contributed by atoms with E-state index in [2.05, 4.69) is 34.9 Å². The van der Waals surface area contributed by atoms with E-state index in [0.717, 1.165) is 13.0 Å². The van der Waals surface area contributed by atoms with Crippen LogP contribution in [0.3, 0.4) is 0 Å². The van der Waals surface area contributed by atoms with Crippen molar-refractivity contribution in [3.8, 4) is 0 Å². The molecule has 2 rings (SSSR count). The molecule has 0 fully saturated rings. The van der Waals surface area contributed by atoms with Gasteiger partial charge in [-0.2, -0.15) is 0 Å². The van der Waals surface area contributed by atoms with E-state index in [1.165, 1.54) is 5.69 Å². The van der Waals surface area contributed by atoms with Crippen molar-refractivity contribution >= 4 is 5.69 Å². The van der Waals surface area contributed by atoms with Crippen molar-refractivity contribution in [2.75, 3.05) is 11.9 Å². The highest BCUT2D eigenvalue weighted by molar-refractivity contribution is 5.43. The number of rotatable bonds is 2. The summed E-state index contributed by atoms with van der Waals surface area (Å²) in [6.07, 6.45) is 5.79. The third-order valence-electron chi connectivity index (χ3n) is 2.14. The van der Waals surface area contributed by atoms with Crippen LogP contribution in [-0.4, -0.2) is 12.7 Å². The summed E-state index contributed by atoms with van der Waals surface area (Å²) in [4.78, 5) is 0. The number of benzene rings is 1. The largest absolute Gasteiger partial charge is 0.370 e. The van der Waals surface area contributed by atoms with Gasteiger partial charge in [-0.3, -0.25) is 5.32 Å². The molecule has 2 N–H and O–H groups in total. The van der Waals surface area contributed by atoms with E-state index < -0.39 is 0 Å². The van der Waals surface area contributed by atoms with Gasteiger partial charge < -0.3 is 5.32 Å². The van der Waals surface area contributed by atoms with Crippen molar-refractivity contribution in [2.45, 2.75) is 12.6 Å². The van der Waals surface area contributed by atoms with Gasteiger partial charge in [0.05, 0.1) is 6.17 Å². The minimum Gasteiger partial charge on any atom is -0.370 e. The molecule has 0 saturated heterocycles. The first kappa shape index (κ1) is 8.32. The number of anilines is 1. The van der Waals surface area contributed by atoms with Crippen molar-refractivity contribution in [1.82, 2.24) is 5.32 Å². The molecule has 2 heteroatoms. The van der Waals surface area contributed by atoms with E-state index in [-0.39, 0.29) is 0 Å². The Hall–Kier alpha value is -1.28. The molecule has 1 heterocycles. The van der Waals surface area contributed by atoms with Gasteiger partial charge in [0.1, 0.15) is 0 Å². The first-order chi connectivity index (χ1) is 6.45. The molecule has 0 amide bonds. The minimum absolute atomic E-state index is 0.382. The molecule has 1 aromatic carbocycles. The van der Waals surface area contributed by atoms with E-state index in [9.17, 15) is 0 Å². The summed E-state index contributed by atoms with van der Waals surface area (Å²) in [5.41, 5.74) is 1.18. The predicted octanol–water partition coefficient (Wildman–Crippen LogP) is 1.97. The highest BCUT2D eigenvalue weighted by Crippen LogP contribution is 2.09. The Morgan fingerprint density at radius 2 is 2.00 bits per heavy atom. The van der Waals surface area contributed by atoms with Crippen LogP contribution >= 0.6 is 0 Å². The van der Waals surface area contributed by atoms with Crippen LogP contribution in [0, 0.1) is 0 Å². The second-order valence-corrected chi connectivity index (χ2v) is 3.18. The van der Waals surface area contributed by atoms with Gasteiger partial charge in [0.2, 0.25) is 0 Å². The molecule has 13 heavy (non-hydrogen) atoms. The average molecular weight is 174 g/mol. The van der Waals surface area contributed by atoms with E-state index in [0.29, 0.717) is 6.17 Å². The summed E-state index contributed by atoms with van der Waals surface area (Å²) in [6.45, 7) is 0.963. The number of hydrogen-bond acceptors (Lipinski definition) is 2. The lowest BCUT2D eigenvalue weighted by Gasteiger charge is -2.21. The molecule has 1 unspecified atom stereocenters. The quantitative estimate of drug-likeness (QED) is 0.670. The van der Waals surface area contributed by atoms with Crippen molar-refractivity contribution in [3.63, 3.8) is 0 Å². The Bertz CT molecular complexity index is 279. The predicted molar refractivity (Wildman–Crippen MR) is 55.6 cm³/mol. The maximum atomic E-state index is 3.42. The molecule has 0 saturated carbocycles. The summed E-state index contributed by atoms with van der Waals surface area (Å²) < 4.78 is 0. The van der Waals surface area contributed by atoms with E-state index in [4.69, 9.17) is 0 Å². The van der Waals surface area contributed by atoms with E-state index in [1.807, 2.05) is 18.2 Å². The Kier molecular flexibility index (Phi) is 2.62. The smallest absolute Gasteiger partial charge is 0.0805 e. The van der Waals surface area contributed by atoms with Crippen LogP contribution in [0.25, 0.3) is 0 Å². The normalized spacial score (nSPS) is 21.4. The fraction of sp³-hybridized carbons (Fsp3) is 0.273. The zero-order valence-corrected chi connectivity index (χ0v) is 7.53. The maximum absolute atomic E-state index is 3.42. The number of para-hydroxylation sites is 1. The van der Waals surface area contributed by atoms with Crippen LogP contribution < -0.4 is 10.6 Å². The van der Waals surface area contributed by atoms with Crippen molar-refractivity contribution < 1.29 is 0 Å². The second kappa shape index (κ2) is 4.10. The van der Waals surface area contributed by atoms with Gasteiger partial charge in [0, 0.05) is 12.2 Å². The fourth-order valence-corrected chi connectivity index (χ4v) is 1.45. The molecule has 0 aromatic heterocycles. The lowest BCUT2D eigenvalue weighted by molar-refractivity contribution is 0.583. The molecular formula is C11H14N2. The molecule has 0 radical (unpaired) electrons. The van der Waals surface area contributed by atoms with E-state index >= 15 is 0 Å². The number of hydrogen-bond donors (Lipinski definition) is 2. The Labute approximate surface area is 78.7 Å². The lowest BCUT2D eigenvalue weighted by atomic mass is 10.2. The van der Waals surface area contributed by atoms with Gasteiger partial charge in [-0.25, -0.2) is 0 Å². The van der Waals surface area contributed by atoms with Crippen LogP contribution in [0.4, 0.5) is 5.69 Å². The first-order valence-electron chi connectivity index (χ1n) is 4.65. The Morgan fingerprint density at radius 3 is 2.69 bits per heavy atom. The average Bonchev–Trinajstić information content (AvgIpc) is 2.21. The maximum Gasteiger partial charge on any atom is 0.0805 e. The molecule has 1 aliphatic rings. The van der Waals surface area contributed by atoms with Gasteiger partial charge in [0.25, 0.3) is 0 Å². The summed E-state index contributed by atoms with van der Waals surface area (Å²) in [5, 5.41) is 6.79. The molecule has 1 aromatic rings. The van der Waals surface area contributed by atoms with Crippen LogP contribution in [0.5, 0.6) is 0 Å². The van der Waals surface area contributed by atoms with E-state index in [1.54, 1.807) is 0 Å². The van der Waals surface area contributed by atoms with Crippen LogP contribution in [0.2, 0.25) is 0 Å². The monoisotopic (exact) mass is 174 g/mol. The highest BCUT2D eigenvalue weighted by Gasteiger charge is 2.06. The Morgan fingerprint density at radius 1 is 1.15 bits per heavy atom. The summed E-state index contributed by atoms with van der Waals surface area (Å²) in [7, 11) is 0. The van der Waals surface area contributed by atoms with Crippen LogP contribution in [0.1, 0.15) is 6.42 Å². The zero-order chi connectivity index (χ0) is 8.93. The SMILES string of the molecule is C1=CCC(Nc2ccccc2)NC1. The second-order valence-electron chi connectivity index (χ2n) is 3.18. The van der Waals surface area contributed by atoms with Gasteiger partial charge in [-0.15, -0.1) is 0 Å². The van der Waals surface area contributed by atoms with Crippen molar-refractivity contribution in [3.05, 3.63) is 42.5 Å². The van der Waals surface area contributed by atoms with Gasteiger partial charge in [-0.05, 0) is 18.6 Å². The Balaban J connectivity index is 1.94. The van der Waals surface area contributed by atoms with Crippen LogP contribution in [0.15, 0.2) is 42.5 Å². The molecule has 1 atom stereocenters. The fourth-order valence-electron chi connectivity index (χ4n) is 1.45. The molecule has 2 nitrogen and oxygen atoms in total. The van der Waals surface area contributed by atoms with Gasteiger partial charge in [0.15, 0.2) is 0 Å². The molecular weight excluding hydrogens is 160 g/mol. The summed E-state index contributed by atoms with van der Waals surface area (Å²) in [5.74, 6) is 0. The molecule has 68 valence electrons. The van der Waals surface area contributed by atoms with Gasteiger partial charge >= 0.3 is 0 Å². The lowest BCUT2D eigenvalue weighted by Crippen LogP contribution is -2.37. The van der Waals surface area contributed by atoms with Crippen molar-refractivity contribution in [1.29, 1.82) is 0 Å². The number of nitrogens with one attached hydrogen (secondary N) is 2. The highest BCUT2D eigenvalue weighted by atomic mass is 15.1. The summed E-state index contributed by atoms with van der Waals surface area (Å²) in [6, 6.07) is 10.3. The molecule has 1 aliphatic heterocycles. The minimum atomic E-state index is 0.382. The van der Waals surface area contributed by atoms with Gasteiger partial charge in [-0.1, -0.05) is 30.4 Å². The standard InChI is InChI=1S/C11H14N2/c1-2-6-10(7-3-1)13-11-8-4-5-9-12-11/h1-7,11-13H,8-9H2. The third-order valence-corrected chi connectivity index (χ3v) is 2.14. The van der Waals surface area contributed by atoms with Crippen molar-refractivity contribution in [2.24, 2.45) is 0 Å². The topological polar surface area (TPSA) is 24.1 Å². The molecule has 0 spiro atoms. The zero-order valence-electron chi connectivity index (χ0n) is 7.53. The first-order valence-corrected chi connectivity index (χ1v) is 4.65. The van der Waals surface area contributed by atoms with Crippen LogP contribution in [-0.2, 0) is 0 Å². The molecule has 0 bridgehead atoms. The molecule has 0 aliphatic carbocycles. The third kappa shape index (κ3) is 2.33. The summed E-state index contributed by atoms with van der Waals surface area (Å²) >= 11 is 0.